The maximum Gasteiger partial charge on any atom is 0.192 e. The van der Waals surface area contributed by atoms with Gasteiger partial charge in [-0.1, -0.05) is 86.6 Å². The van der Waals surface area contributed by atoms with Gasteiger partial charge in [-0.25, -0.2) is 0 Å². The number of benzene rings is 2. The van der Waals surface area contributed by atoms with Gasteiger partial charge in [-0.2, -0.15) is 0 Å². The molecule has 0 bridgehead atoms. The Labute approximate surface area is 182 Å². The smallest absolute Gasteiger partial charge is 0.192 e. The maximum atomic E-state index is 5.61. The van der Waals surface area contributed by atoms with Gasteiger partial charge in [0.05, 0.1) is 12.8 Å². The lowest BCUT2D eigenvalue weighted by Crippen LogP contribution is -2.10. The second-order valence-electron chi connectivity index (χ2n) is 8.57. The highest BCUT2D eigenvalue weighted by atomic mass is 32.2. The number of furan rings is 1. The van der Waals surface area contributed by atoms with Gasteiger partial charge in [-0.05, 0) is 35.6 Å². The van der Waals surface area contributed by atoms with Gasteiger partial charge in [0.25, 0.3) is 0 Å². The third kappa shape index (κ3) is 4.68. The van der Waals surface area contributed by atoms with Crippen LogP contribution in [0.15, 0.2) is 76.5 Å². The van der Waals surface area contributed by atoms with Gasteiger partial charge in [0, 0.05) is 11.3 Å². The minimum atomic E-state index is 0.120. The summed E-state index contributed by atoms with van der Waals surface area (Å²) in [5.74, 6) is 2.59. The molecule has 4 nitrogen and oxygen atoms in total. The van der Waals surface area contributed by atoms with Crippen LogP contribution in [0.5, 0.6) is 0 Å². The fourth-order valence-corrected chi connectivity index (χ4v) is 4.16. The average Bonchev–Trinajstić information content (AvgIpc) is 3.38. The molecule has 2 aromatic heterocycles. The van der Waals surface area contributed by atoms with E-state index in [0.29, 0.717) is 6.54 Å². The lowest BCUT2D eigenvalue weighted by Gasteiger charge is -2.19. The van der Waals surface area contributed by atoms with E-state index < -0.39 is 0 Å². The Morgan fingerprint density at radius 2 is 1.67 bits per heavy atom. The van der Waals surface area contributed by atoms with Crippen LogP contribution < -0.4 is 0 Å². The Morgan fingerprint density at radius 1 is 0.933 bits per heavy atom. The Kier molecular flexibility index (Phi) is 5.82. The fourth-order valence-electron chi connectivity index (χ4n) is 3.26. The van der Waals surface area contributed by atoms with E-state index in [1.54, 1.807) is 18.0 Å². The molecule has 2 heterocycles. The highest BCUT2D eigenvalue weighted by molar-refractivity contribution is 7.98. The van der Waals surface area contributed by atoms with Crippen LogP contribution in [-0.4, -0.2) is 14.8 Å². The van der Waals surface area contributed by atoms with Crippen LogP contribution >= 0.6 is 11.8 Å². The molecule has 4 rings (SSSR count). The molecule has 0 N–H and O–H groups in total. The number of rotatable bonds is 6. The molecule has 0 spiro atoms. The molecule has 4 aromatic rings. The summed E-state index contributed by atoms with van der Waals surface area (Å²) in [6.45, 7) is 9.38. The van der Waals surface area contributed by atoms with Crippen molar-refractivity contribution in [2.45, 2.75) is 50.6 Å². The molecular weight excluding hydrogens is 390 g/mol. The van der Waals surface area contributed by atoms with Crippen molar-refractivity contribution in [2.75, 3.05) is 0 Å². The molecule has 0 aliphatic rings. The zero-order valence-electron chi connectivity index (χ0n) is 17.9. The second-order valence-corrected chi connectivity index (χ2v) is 9.52. The first kappa shape index (κ1) is 20.5. The second kappa shape index (κ2) is 8.52. The van der Waals surface area contributed by atoms with Gasteiger partial charge in [0.2, 0.25) is 0 Å². The number of thioether (sulfide) groups is 1. The molecule has 30 heavy (non-hydrogen) atoms. The summed E-state index contributed by atoms with van der Waals surface area (Å²) < 4.78 is 7.75. The van der Waals surface area contributed by atoms with E-state index >= 15 is 0 Å². The van der Waals surface area contributed by atoms with Crippen molar-refractivity contribution < 1.29 is 4.42 Å². The van der Waals surface area contributed by atoms with Gasteiger partial charge in [-0.3, -0.25) is 4.57 Å². The minimum absolute atomic E-state index is 0.120. The van der Waals surface area contributed by atoms with E-state index in [0.717, 1.165) is 28.1 Å². The van der Waals surface area contributed by atoms with Crippen molar-refractivity contribution in [3.8, 4) is 11.4 Å². The van der Waals surface area contributed by atoms with Gasteiger partial charge in [0.15, 0.2) is 11.0 Å². The maximum absolute atomic E-state index is 5.61. The van der Waals surface area contributed by atoms with Crippen molar-refractivity contribution in [2.24, 2.45) is 0 Å². The van der Waals surface area contributed by atoms with Crippen molar-refractivity contribution in [3.63, 3.8) is 0 Å². The predicted molar refractivity (Wildman–Crippen MR) is 123 cm³/mol. The molecule has 5 heteroatoms. The van der Waals surface area contributed by atoms with Crippen LogP contribution in [-0.2, 0) is 17.7 Å². The highest BCUT2D eigenvalue weighted by Gasteiger charge is 2.18. The van der Waals surface area contributed by atoms with Crippen molar-refractivity contribution in [1.29, 1.82) is 0 Å². The van der Waals surface area contributed by atoms with E-state index in [2.05, 4.69) is 91.0 Å². The first-order valence-corrected chi connectivity index (χ1v) is 11.1. The van der Waals surface area contributed by atoms with Gasteiger partial charge >= 0.3 is 0 Å². The van der Waals surface area contributed by atoms with Crippen LogP contribution in [0.1, 0.15) is 43.2 Å². The predicted octanol–water partition coefficient (Wildman–Crippen LogP) is 6.48. The summed E-state index contributed by atoms with van der Waals surface area (Å²) in [6, 6.07) is 21.2. The molecule has 0 saturated carbocycles. The standard InChI is InChI=1S/C25H27N3OS/c1-18-7-9-19(10-8-18)17-30-24-27-26-23(28(24)16-22-6-5-15-29-22)20-11-13-21(14-12-20)25(2,3)4/h5-15H,16-17H2,1-4H3. The number of hydrogen-bond donors (Lipinski definition) is 0. The zero-order chi connectivity index (χ0) is 21.1. The number of hydrogen-bond acceptors (Lipinski definition) is 4. The van der Waals surface area contributed by atoms with Crippen molar-refractivity contribution in [3.05, 3.63) is 89.4 Å². The number of aromatic nitrogens is 3. The molecule has 154 valence electrons. The Bertz CT molecular complexity index is 1090. The van der Waals surface area contributed by atoms with E-state index in [4.69, 9.17) is 4.42 Å². The Balaban J connectivity index is 1.63. The number of aryl methyl sites for hydroxylation is 1. The van der Waals surface area contributed by atoms with Crippen LogP contribution in [0, 0.1) is 6.92 Å². The molecule has 0 radical (unpaired) electrons. The summed E-state index contributed by atoms with van der Waals surface area (Å²) >= 11 is 1.70. The molecule has 0 aliphatic carbocycles. The molecule has 0 fully saturated rings. The molecule has 0 saturated heterocycles. The van der Waals surface area contributed by atoms with Gasteiger partial charge < -0.3 is 4.42 Å². The lowest BCUT2D eigenvalue weighted by atomic mass is 9.87. The third-order valence-electron chi connectivity index (χ3n) is 5.11. The Morgan fingerprint density at radius 3 is 2.30 bits per heavy atom. The zero-order valence-corrected chi connectivity index (χ0v) is 18.7. The van der Waals surface area contributed by atoms with Crippen LogP contribution in [0.4, 0.5) is 0 Å². The van der Waals surface area contributed by atoms with Crippen molar-refractivity contribution in [1.82, 2.24) is 14.8 Å². The largest absolute Gasteiger partial charge is 0.467 e. The van der Waals surface area contributed by atoms with Crippen LogP contribution in [0.2, 0.25) is 0 Å². The Hall–Kier alpha value is -2.79. The summed E-state index contributed by atoms with van der Waals surface area (Å²) in [4.78, 5) is 0. The molecular formula is C25H27N3OS. The van der Waals surface area contributed by atoms with Gasteiger partial charge in [0.1, 0.15) is 5.76 Å². The first-order valence-electron chi connectivity index (χ1n) is 10.1. The van der Waals surface area contributed by atoms with E-state index in [1.807, 2.05) is 12.1 Å². The molecule has 0 unspecified atom stereocenters. The van der Waals surface area contributed by atoms with Gasteiger partial charge in [-0.15, -0.1) is 10.2 Å². The van der Waals surface area contributed by atoms with E-state index in [-0.39, 0.29) is 5.41 Å². The summed E-state index contributed by atoms with van der Waals surface area (Å²) in [5.41, 5.74) is 5.02. The normalized spacial score (nSPS) is 11.7. The monoisotopic (exact) mass is 417 g/mol. The minimum Gasteiger partial charge on any atom is -0.467 e. The lowest BCUT2D eigenvalue weighted by molar-refractivity contribution is 0.485. The molecule has 0 atom stereocenters. The summed E-state index contributed by atoms with van der Waals surface area (Å²) in [5, 5.41) is 9.94. The molecule has 2 aromatic carbocycles. The fraction of sp³-hybridized carbons (Fsp3) is 0.280. The number of nitrogens with zero attached hydrogens (tertiary/aromatic N) is 3. The topological polar surface area (TPSA) is 43.9 Å². The summed E-state index contributed by atoms with van der Waals surface area (Å²) in [6.07, 6.45) is 1.70. The van der Waals surface area contributed by atoms with Crippen molar-refractivity contribution >= 4 is 11.8 Å². The van der Waals surface area contributed by atoms with Crippen LogP contribution in [0.3, 0.4) is 0 Å². The summed E-state index contributed by atoms with van der Waals surface area (Å²) in [7, 11) is 0. The highest BCUT2D eigenvalue weighted by Crippen LogP contribution is 2.29. The quantitative estimate of drug-likeness (QED) is 0.337. The average molecular weight is 418 g/mol. The third-order valence-corrected chi connectivity index (χ3v) is 6.15. The van der Waals surface area contributed by atoms with E-state index in [9.17, 15) is 0 Å². The van der Waals surface area contributed by atoms with Crippen LogP contribution in [0.25, 0.3) is 11.4 Å². The molecule has 0 aliphatic heterocycles. The first-order chi connectivity index (χ1) is 14.4. The van der Waals surface area contributed by atoms with E-state index in [1.165, 1.54) is 16.7 Å². The SMILES string of the molecule is Cc1ccc(CSc2nnc(-c3ccc(C(C)(C)C)cc3)n2Cc2ccco2)cc1. The molecule has 0 amide bonds.